The second-order valence-corrected chi connectivity index (χ2v) is 8.14. The van der Waals surface area contributed by atoms with E-state index in [4.69, 9.17) is 4.74 Å². The normalized spacial score (nSPS) is 13.7. The molecular weight excluding hydrogens is 422 g/mol. The molecule has 0 saturated carbocycles. The lowest BCUT2D eigenvalue weighted by Crippen LogP contribution is -2.32. The van der Waals surface area contributed by atoms with Gasteiger partial charge in [0, 0.05) is 29.3 Å². The highest BCUT2D eigenvalue weighted by Crippen LogP contribution is 2.38. The molecule has 0 atom stereocenters. The van der Waals surface area contributed by atoms with E-state index in [1.165, 1.54) is 23.3 Å². The molecule has 3 aromatic rings. The van der Waals surface area contributed by atoms with Gasteiger partial charge in [0.15, 0.2) is 0 Å². The third kappa shape index (κ3) is 3.87. The SMILES string of the molecule is CCN(CC)c1ccc(NC2=C(c3cccs3)C(=O)N(c3ccccc3OC)C2=O)cc1. The fourth-order valence-corrected chi connectivity index (χ4v) is 4.59. The first-order valence-electron chi connectivity index (χ1n) is 10.5. The third-order valence-electron chi connectivity index (χ3n) is 5.44. The molecule has 1 aliphatic rings. The van der Waals surface area contributed by atoms with Crippen LogP contribution in [0, 0.1) is 0 Å². The molecule has 0 spiro atoms. The van der Waals surface area contributed by atoms with E-state index in [9.17, 15) is 9.59 Å². The van der Waals surface area contributed by atoms with Crippen molar-refractivity contribution in [1.29, 1.82) is 0 Å². The molecule has 2 aromatic carbocycles. The lowest BCUT2D eigenvalue weighted by atomic mass is 10.1. The summed E-state index contributed by atoms with van der Waals surface area (Å²) in [5, 5.41) is 5.10. The fourth-order valence-electron chi connectivity index (χ4n) is 3.82. The van der Waals surface area contributed by atoms with Crippen molar-refractivity contribution in [2.45, 2.75) is 13.8 Å². The predicted molar refractivity (Wildman–Crippen MR) is 130 cm³/mol. The van der Waals surface area contributed by atoms with Gasteiger partial charge in [-0.3, -0.25) is 9.59 Å². The molecular formula is C25H25N3O3S. The topological polar surface area (TPSA) is 61.9 Å². The van der Waals surface area contributed by atoms with Gasteiger partial charge in [0.1, 0.15) is 11.4 Å². The average molecular weight is 448 g/mol. The van der Waals surface area contributed by atoms with Crippen LogP contribution in [0.15, 0.2) is 71.7 Å². The Morgan fingerprint density at radius 3 is 2.28 bits per heavy atom. The van der Waals surface area contributed by atoms with Crippen LogP contribution in [0.4, 0.5) is 17.1 Å². The van der Waals surface area contributed by atoms with Gasteiger partial charge in [0.25, 0.3) is 11.8 Å². The van der Waals surface area contributed by atoms with E-state index in [1.807, 2.05) is 41.8 Å². The number of benzene rings is 2. The molecule has 2 amide bonds. The number of carbonyl (C=O) groups is 2. The molecule has 1 N–H and O–H groups in total. The number of ether oxygens (including phenoxy) is 1. The summed E-state index contributed by atoms with van der Waals surface area (Å²) in [5.74, 6) is -0.315. The first kappa shape index (κ1) is 21.6. The van der Waals surface area contributed by atoms with Gasteiger partial charge in [-0.25, -0.2) is 4.90 Å². The van der Waals surface area contributed by atoms with Crippen LogP contribution in [0.3, 0.4) is 0 Å². The van der Waals surface area contributed by atoms with E-state index >= 15 is 0 Å². The van der Waals surface area contributed by atoms with Gasteiger partial charge in [0.2, 0.25) is 0 Å². The molecule has 2 heterocycles. The minimum Gasteiger partial charge on any atom is -0.495 e. The number of para-hydroxylation sites is 2. The van der Waals surface area contributed by atoms with Gasteiger partial charge in [0.05, 0.1) is 18.4 Å². The largest absolute Gasteiger partial charge is 0.495 e. The first-order chi connectivity index (χ1) is 15.6. The summed E-state index contributed by atoms with van der Waals surface area (Å²) in [6, 6.07) is 18.6. The maximum atomic E-state index is 13.5. The standard InChI is InChI=1S/C25H25N3O3S/c1-4-27(5-2)18-14-12-17(13-15-18)26-23-22(21-11-8-16-32-21)24(29)28(25(23)30)19-9-6-7-10-20(19)31-3/h6-16,26H,4-5H2,1-3H3. The minimum absolute atomic E-state index is 0.263. The Bertz CT molecular complexity index is 1150. The molecule has 1 aromatic heterocycles. The van der Waals surface area contributed by atoms with Crippen LogP contribution in [0.5, 0.6) is 5.75 Å². The Balaban J connectivity index is 1.72. The number of methoxy groups -OCH3 is 1. The smallest absolute Gasteiger partial charge is 0.282 e. The summed E-state index contributed by atoms with van der Waals surface area (Å²) in [7, 11) is 1.52. The number of hydrogen-bond donors (Lipinski definition) is 1. The van der Waals surface area contributed by atoms with E-state index in [-0.39, 0.29) is 11.6 Å². The summed E-state index contributed by atoms with van der Waals surface area (Å²) < 4.78 is 5.40. The van der Waals surface area contributed by atoms with Crippen molar-refractivity contribution in [2.24, 2.45) is 0 Å². The number of nitrogens with zero attached hydrogens (tertiary/aromatic N) is 2. The number of anilines is 3. The summed E-state index contributed by atoms with van der Waals surface area (Å²) >= 11 is 1.42. The van der Waals surface area contributed by atoms with Crippen LogP contribution in [0.25, 0.3) is 5.57 Å². The van der Waals surface area contributed by atoms with E-state index < -0.39 is 5.91 Å². The van der Waals surface area contributed by atoms with Gasteiger partial charge in [-0.1, -0.05) is 18.2 Å². The van der Waals surface area contributed by atoms with Gasteiger partial charge in [-0.15, -0.1) is 11.3 Å². The molecule has 0 unspecified atom stereocenters. The van der Waals surface area contributed by atoms with Crippen LogP contribution in [-0.2, 0) is 9.59 Å². The Morgan fingerprint density at radius 1 is 0.938 bits per heavy atom. The molecule has 0 radical (unpaired) electrons. The van der Waals surface area contributed by atoms with Gasteiger partial charge >= 0.3 is 0 Å². The van der Waals surface area contributed by atoms with E-state index in [2.05, 4.69) is 24.1 Å². The van der Waals surface area contributed by atoms with Gasteiger partial charge in [-0.2, -0.15) is 0 Å². The summed E-state index contributed by atoms with van der Waals surface area (Å²) in [4.78, 5) is 31.1. The zero-order valence-corrected chi connectivity index (χ0v) is 19.1. The van der Waals surface area contributed by atoms with Crippen LogP contribution in [-0.4, -0.2) is 32.0 Å². The van der Waals surface area contributed by atoms with Crippen LogP contribution >= 0.6 is 11.3 Å². The number of rotatable bonds is 8. The highest BCUT2D eigenvalue weighted by atomic mass is 32.1. The Kier molecular flexibility index (Phi) is 6.28. The van der Waals surface area contributed by atoms with Gasteiger partial charge < -0.3 is 15.0 Å². The van der Waals surface area contributed by atoms with Crippen molar-refractivity contribution >= 4 is 45.8 Å². The molecule has 4 rings (SSSR count). The summed E-state index contributed by atoms with van der Waals surface area (Å²) in [6.45, 7) is 6.06. The third-order valence-corrected chi connectivity index (χ3v) is 6.33. The van der Waals surface area contributed by atoms with Crippen LogP contribution in [0.1, 0.15) is 18.7 Å². The van der Waals surface area contributed by atoms with Crippen molar-refractivity contribution in [3.8, 4) is 5.75 Å². The molecule has 0 fully saturated rings. The summed E-state index contributed by atoms with van der Waals surface area (Å²) in [5.41, 5.74) is 2.90. The van der Waals surface area contributed by atoms with Crippen LogP contribution in [0.2, 0.25) is 0 Å². The maximum absolute atomic E-state index is 13.5. The second kappa shape index (κ2) is 9.28. The van der Waals surface area contributed by atoms with E-state index in [0.29, 0.717) is 17.0 Å². The fraction of sp³-hybridized carbons (Fsp3) is 0.200. The monoisotopic (exact) mass is 447 g/mol. The molecule has 1 aliphatic heterocycles. The van der Waals surface area contributed by atoms with Crippen LogP contribution < -0.4 is 19.9 Å². The predicted octanol–water partition coefficient (Wildman–Crippen LogP) is 5.00. The number of hydrogen-bond acceptors (Lipinski definition) is 6. The number of imide groups is 1. The molecule has 32 heavy (non-hydrogen) atoms. The molecule has 0 aliphatic carbocycles. The lowest BCUT2D eigenvalue weighted by molar-refractivity contribution is -0.120. The number of amides is 2. The molecule has 0 saturated heterocycles. The molecule has 0 bridgehead atoms. The van der Waals surface area contributed by atoms with Crippen molar-refractivity contribution in [2.75, 3.05) is 35.3 Å². The van der Waals surface area contributed by atoms with Crippen molar-refractivity contribution in [3.63, 3.8) is 0 Å². The zero-order valence-electron chi connectivity index (χ0n) is 18.3. The van der Waals surface area contributed by atoms with Gasteiger partial charge in [-0.05, 0) is 61.7 Å². The van der Waals surface area contributed by atoms with Crippen molar-refractivity contribution in [3.05, 3.63) is 76.6 Å². The Morgan fingerprint density at radius 2 is 1.66 bits per heavy atom. The Hall–Kier alpha value is -3.58. The quantitative estimate of drug-likeness (QED) is 0.493. The molecule has 164 valence electrons. The second-order valence-electron chi connectivity index (χ2n) is 7.19. The van der Waals surface area contributed by atoms with E-state index in [0.717, 1.165) is 29.3 Å². The minimum atomic E-state index is -0.407. The number of thiophene rings is 1. The highest BCUT2D eigenvalue weighted by Gasteiger charge is 2.41. The van der Waals surface area contributed by atoms with E-state index in [1.54, 1.807) is 24.3 Å². The highest BCUT2D eigenvalue weighted by molar-refractivity contribution is 7.11. The molecule has 6 nitrogen and oxygen atoms in total. The lowest BCUT2D eigenvalue weighted by Gasteiger charge is -2.21. The first-order valence-corrected chi connectivity index (χ1v) is 11.4. The van der Waals surface area contributed by atoms with Crippen molar-refractivity contribution in [1.82, 2.24) is 0 Å². The zero-order chi connectivity index (χ0) is 22.7. The summed E-state index contributed by atoms with van der Waals surface area (Å²) in [6.07, 6.45) is 0. The number of carbonyl (C=O) groups excluding carboxylic acids is 2. The van der Waals surface area contributed by atoms with Crippen molar-refractivity contribution < 1.29 is 14.3 Å². The number of nitrogens with one attached hydrogen (secondary N) is 1. The Labute approximate surface area is 191 Å². The molecule has 7 heteroatoms. The maximum Gasteiger partial charge on any atom is 0.282 e. The average Bonchev–Trinajstić information content (AvgIpc) is 3.42.